The van der Waals surface area contributed by atoms with Gasteiger partial charge in [0, 0.05) is 42.8 Å². The number of rotatable bonds is 9. The molecule has 3 heterocycles. The highest BCUT2D eigenvalue weighted by atomic mass is 32.1. The van der Waals surface area contributed by atoms with Crippen LogP contribution in [0.5, 0.6) is 11.5 Å². The zero-order valence-electron chi connectivity index (χ0n) is 18.6. The maximum absolute atomic E-state index is 12.7. The van der Waals surface area contributed by atoms with Gasteiger partial charge in [0.15, 0.2) is 11.5 Å². The second kappa shape index (κ2) is 10.4. The molecule has 2 amide bonds. The van der Waals surface area contributed by atoms with Crippen molar-refractivity contribution in [2.45, 2.75) is 19.4 Å². The van der Waals surface area contributed by atoms with Gasteiger partial charge in [0.25, 0.3) is 0 Å². The number of aromatic nitrogens is 2. The van der Waals surface area contributed by atoms with E-state index in [0.29, 0.717) is 37.6 Å². The molecule has 1 fully saturated rings. The third-order valence-electron chi connectivity index (χ3n) is 5.65. The van der Waals surface area contributed by atoms with Crippen molar-refractivity contribution in [3.05, 3.63) is 58.7 Å². The minimum Gasteiger partial charge on any atom is -0.493 e. The monoisotopic (exact) mass is 466 g/mol. The summed E-state index contributed by atoms with van der Waals surface area (Å²) in [5.41, 5.74) is 2.90. The summed E-state index contributed by atoms with van der Waals surface area (Å²) in [7, 11) is 3.19. The van der Waals surface area contributed by atoms with Crippen molar-refractivity contribution < 1.29 is 19.1 Å². The van der Waals surface area contributed by atoms with E-state index in [0.717, 1.165) is 21.8 Å². The van der Waals surface area contributed by atoms with Gasteiger partial charge >= 0.3 is 0 Å². The van der Waals surface area contributed by atoms with Crippen molar-refractivity contribution >= 4 is 23.2 Å². The second-order valence-electron chi connectivity index (χ2n) is 7.76. The molecule has 0 radical (unpaired) electrons. The zero-order valence-corrected chi connectivity index (χ0v) is 19.4. The Kier molecular flexibility index (Phi) is 7.19. The van der Waals surface area contributed by atoms with Crippen molar-refractivity contribution in [3.8, 4) is 22.8 Å². The third-order valence-corrected chi connectivity index (χ3v) is 6.49. The Morgan fingerprint density at radius 2 is 1.97 bits per heavy atom. The molecule has 1 saturated heterocycles. The molecule has 0 spiro atoms. The van der Waals surface area contributed by atoms with Crippen molar-refractivity contribution in [1.29, 1.82) is 0 Å². The summed E-state index contributed by atoms with van der Waals surface area (Å²) < 4.78 is 10.6. The van der Waals surface area contributed by atoms with Crippen LogP contribution in [0.4, 0.5) is 0 Å². The van der Waals surface area contributed by atoms with E-state index in [4.69, 9.17) is 9.47 Å². The van der Waals surface area contributed by atoms with E-state index in [1.807, 2.05) is 35.7 Å². The lowest BCUT2D eigenvalue weighted by atomic mass is 10.1. The van der Waals surface area contributed by atoms with Gasteiger partial charge in [0.1, 0.15) is 5.01 Å². The lowest BCUT2D eigenvalue weighted by molar-refractivity contribution is -0.129. The van der Waals surface area contributed by atoms with Crippen LogP contribution in [0.1, 0.15) is 17.0 Å². The predicted molar refractivity (Wildman–Crippen MR) is 125 cm³/mol. The molecular formula is C24H26N4O4S. The number of methoxy groups -OCH3 is 2. The van der Waals surface area contributed by atoms with Crippen LogP contribution >= 0.6 is 11.3 Å². The number of carbonyl (C=O) groups is 2. The Morgan fingerprint density at radius 3 is 2.73 bits per heavy atom. The molecule has 172 valence electrons. The normalized spacial score (nSPS) is 15.5. The number of pyridine rings is 1. The van der Waals surface area contributed by atoms with Crippen LogP contribution in [0.3, 0.4) is 0 Å². The lowest BCUT2D eigenvalue weighted by Gasteiger charge is -2.17. The number of nitrogens with one attached hydrogen (secondary N) is 1. The maximum atomic E-state index is 12.7. The van der Waals surface area contributed by atoms with Crippen LogP contribution in [0.2, 0.25) is 0 Å². The van der Waals surface area contributed by atoms with E-state index < -0.39 is 0 Å². The lowest BCUT2D eigenvalue weighted by Crippen LogP contribution is -2.33. The highest BCUT2D eigenvalue weighted by molar-refractivity contribution is 7.09. The molecule has 1 N–H and O–H groups in total. The summed E-state index contributed by atoms with van der Waals surface area (Å²) in [6.07, 6.45) is 4.36. The average Bonchev–Trinajstić information content (AvgIpc) is 3.48. The number of benzene rings is 1. The van der Waals surface area contributed by atoms with Gasteiger partial charge < -0.3 is 19.7 Å². The molecule has 33 heavy (non-hydrogen) atoms. The summed E-state index contributed by atoms with van der Waals surface area (Å²) in [5.74, 6) is 0.877. The summed E-state index contributed by atoms with van der Waals surface area (Å²) >= 11 is 1.50. The van der Waals surface area contributed by atoms with E-state index >= 15 is 0 Å². The Morgan fingerprint density at radius 1 is 1.18 bits per heavy atom. The SMILES string of the molecule is COc1ccc(CCN2CC(C(=O)NCc3nc(-c4ccncc4)cs3)CC2=O)cc1OC. The maximum Gasteiger partial charge on any atom is 0.225 e. The molecule has 1 aliphatic heterocycles. The van der Waals surface area contributed by atoms with E-state index in [-0.39, 0.29) is 24.2 Å². The number of nitrogens with zero attached hydrogens (tertiary/aromatic N) is 3. The fourth-order valence-corrected chi connectivity index (χ4v) is 4.56. The second-order valence-corrected chi connectivity index (χ2v) is 8.70. The third kappa shape index (κ3) is 5.48. The van der Waals surface area contributed by atoms with Crippen molar-refractivity contribution in [3.63, 3.8) is 0 Å². The van der Waals surface area contributed by atoms with Gasteiger partial charge in [-0.2, -0.15) is 0 Å². The minimum absolute atomic E-state index is 0.00449. The van der Waals surface area contributed by atoms with Gasteiger partial charge in [-0.05, 0) is 36.2 Å². The molecule has 3 aromatic rings. The first kappa shape index (κ1) is 22.7. The van der Waals surface area contributed by atoms with Crippen LogP contribution in [-0.4, -0.2) is 54.0 Å². The smallest absolute Gasteiger partial charge is 0.225 e. The fourth-order valence-electron chi connectivity index (χ4n) is 3.82. The summed E-state index contributed by atoms with van der Waals surface area (Å²) in [5, 5.41) is 5.72. The highest BCUT2D eigenvalue weighted by Crippen LogP contribution is 2.28. The summed E-state index contributed by atoms with van der Waals surface area (Å²) in [6, 6.07) is 9.53. The molecule has 0 saturated carbocycles. The van der Waals surface area contributed by atoms with E-state index in [9.17, 15) is 9.59 Å². The van der Waals surface area contributed by atoms with Crippen LogP contribution in [0, 0.1) is 5.92 Å². The van der Waals surface area contributed by atoms with Crippen LogP contribution in [0.25, 0.3) is 11.3 Å². The predicted octanol–water partition coefficient (Wildman–Crippen LogP) is 2.93. The molecule has 9 heteroatoms. The molecule has 1 aromatic carbocycles. The Labute approximate surface area is 196 Å². The number of amides is 2. The first-order valence-corrected chi connectivity index (χ1v) is 11.6. The molecule has 8 nitrogen and oxygen atoms in total. The number of ether oxygens (including phenoxy) is 2. The van der Waals surface area contributed by atoms with Crippen LogP contribution in [0.15, 0.2) is 48.1 Å². The number of hydrogen-bond acceptors (Lipinski definition) is 7. The van der Waals surface area contributed by atoms with E-state index in [1.54, 1.807) is 31.5 Å². The van der Waals surface area contributed by atoms with Gasteiger partial charge in [-0.1, -0.05) is 6.07 Å². The Hall–Kier alpha value is -3.46. The Balaban J connectivity index is 1.27. The van der Waals surface area contributed by atoms with Crippen molar-refractivity contribution in [1.82, 2.24) is 20.2 Å². The topological polar surface area (TPSA) is 93.6 Å². The number of likely N-dealkylation sites (tertiary alicyclic amines) is 1. The van der Waals surface area contributed by atoms with Crippen molar-refractivity contribution in [2.75, 3.05) is 27.3 Å². The number of hydrogen-bond donors (Lipinski definition) is 1. The molecule has 0 aliphatic carbocycles. The molecule has 1 aliphatic rings. The summed E-state index contributed by atoms with van der Waals surface area (Å²) in [6.45, 7) is 1.34. The Bertz CT molecular complexity index is 1120. The van der Waals surface area contributed by atoms with Crippen LogP contribution in [-0.2, 0) is 22.6 Å². The van der Waals surface area contributed by atoms with Gasteiger partial charge in [0.2, 0.25) is 11.8 Å². The van der Waals surface area contributed by atoms with E-state index in [2.05, 4.69) is 15.3 Å². The molecule has 4 rings (SSSR count). The summed E-state index contributed by atoms with van der Waals surface area (Å²) in [4.78, 5) is 35.5. The first-order chi connectivity index (χ1) is 16.1. The van der Waals surface area contributed by atoms with Gasteiger partial charge in [-0.3, -0.25) is 14.6 Å². The molecule has 2 aromatic heterocycles. The molecule has 0 bridgehead atoms. The number of carbonyl (C=O) groups excluding carboxylic acids is 2. The molecular weight excluding hydrogens is 440 g/mol. The van der Waals surface area contributed by atoms with Gasteiger partial charge in [-0.15, -0.1) is 11.3 Å². The number of thiazole rings is 1. The average molecular weight is 467 g/mol. The largest absolute Gasteiger partial charge is 0.493 e. The van der Waals surface area contributed by atoms with Crippen LogP contribution < -0.4 is 14.8 Å². The minimum atomic E-state index is -0.345. The van der Waals surface area contributed by atoms with Gasteiger partial charge in [0.05, 0.1) is 32.4 Å². The molecule has 1 unspecified atom stereocenters. The van der Waals surface area contributed by atoms with E-state index in [1.165, 1.54) is 11.3 Å². The fraction of sp³-hybridized carbons (Fsp3) is 0.333. The highest BCUT2D eigenvalue weighted by Gasteiger charge is 2.34. The first-order valence-electron chi connectivity index (χ1n) is 10.7. The standard InChI is InChI=1S/C24H26N4O4S/c1-31-20-4-3-16(11-21(20)32-2)7-10-28-14-18(12-23(28)29)24(30)26-13-22-27-19(15-33-22)17-5-8-25-9-6-17/h3-6,8-9,11,15,18H,7,10,12-14H2,1-2H3,(H,26,30). The molecule has 1 atom stereocenters. The van der Waals surface area contributed by atoms with Gasteiger partial charge in [-0.25, -0.2) is 4.98 Å². The zero-order chi connectivity index (χ0) is 23.2. The van der Waals surface area contributed by atoms with Crippen molar-refractivity contribution in [2.24, 2.45) is 5.92 Å². The quantitative estimate of drug-likeness (QED) is 0.521.